The maximum absolute atomic E-state index is 12.7. The molecule has 0 spiro atoms. The molecule has 0 N–H and O–H groups in total. The molecule has 0 bridgehead atoms. The highest BCUT2D eigenvalue weighted by molar-refractivity contribution is 5.67. The summed E-state index contributed by atoms with van der Waals surface area (Å²) in [6.07, 6.45) is -0.711. The van der Waals surface area contributed by atoms with Crippen LogP contribution in [0.4, 0.5) is 4.39 Å². The standard InChI is InChI=1S/C12H13FO4/c1-8(14)16-7-12(17-9(2)15)10-3-5-11(13)6-4-10/h3-6,12H,7H2,1-2H3/t12-/m1/s1. The maximum Gasteiger partial charge on any atom is 0.303 e. The van der Waals surface area contributed by atoms with Gasteiger partial charge in [-0.15, -0.1) is 0 Å². The van der Waals surface area contributed by atoms with E-state index in [9.17, 15) is 14.0 Å². The molecule has 1 atom stereocenters. The third-order valence-electron chi connectivity index (χ3n) is 1.99. The van der Waals surface area contributed by atoms with Crippen molar-refractivity contribution in [1.29, 1.82) is 0 Å². The van der Waals surface area contributed by atoms with Crippen molar-refractivity contribution >= 4 is 11.9 Å². The lowest BCUT2D eigenvalue weighted by molar-refractivity contribution is -0.156. The van der Waals surface area contributed by atoms with Crippen molar-refractivity contribution in [3.05, 3.63) is 35.6 Å². The van der Waals surface area contributed by atoms with Crippen molar-refractivity contribution in [2.45, 2.75) is 20.0 Å². The van der Waals surface area contributed by atoms with E-state index in [2.05, 4.69) is 0 Å². The van der Waals surface area contributed by atoms with Crippen LogP contribution in [0.1, 0.15) is 25.5 Å². The van der Waals surface area contributed by atoms with Gasteiger partial charge in [-0.2, -0.15) is 0 Å². The minimum Gasteiger partial charge on any atom is -0.462 e. The highest BCUT2D eigenvalue weighted by Crippen LogP contribution is 2.18. The summed E-state index contributed by atoms with van der Waals surface area (Å²) in [7, 11) is 0. The fourth-order valence-corrected chi connectivity index (χ4v) is 1.27. The van der Waals surface area contributed by atoms with E-state index in [1.807, 2.05) is 0 Å². The molecule has 0 unspecified atom stereocenters. The van der Waals surface area contributed by atoms with Gasteiger partial charge in [-0.1, -0.05) is 12.1 Å². The summed E-state index contributed by atoms with van der Waals surface area (Å²) in [6, 6.07) is 5.46. The molecule has 0 radical (unpaired) electrons. The van der Waals surface area contributed by atoms with Gasteiger partial charge in [0.2, 0.25) is 0 Å². The number of esters is 2. The van der Waals surface area contributed by atoms with Crippen LogP contribution in [0.5, 0.6) is 0 Å². The van der Waals surface area contributed by atoms with Gasteiger partial charge >= 0.3 is 11.9 Å². The molecule has 17 heavy (non-hydrogen) atoms. The summed E-state index contributed by atoms with van der Waals surface area (Å²) in [5.74, 6) is -1.35. The lowest BCUT2D eigenvalue weighted by atomic mass is 10.1. The number of hydrogen-bond acceptors (Lipinski definition) is 4. The second-order valence-electron chi connectivity index (χ2n) is 3.45. The number of benzene rings is 1. The van der Waals surface area contributed by atoms with Crippen LogP contribution in [0.15, 0.2) is 24.3 Å². The van der Waals surface area contributed by atoms with Crippen LogP contribution in [0.25, 0.3) is 0 Å². The SMILES string of the molecule is CC(=O)OC[C@@H](OC(C)=O)c1ccc(F)cc1. The van der Waals surface area contributed by atoms with Crippen molar-refractivity contribution in [2.24, 2.45) is 0 Å². The van der Waals surface area contributed by atoms with Gasteiger partial charge in [0, 0.05) is 13.8 Å². The molecule has 0 aliphatic carbocycles. The highest BCUT2D eigenvalue weighted by atomic mass is 19.1. The van der Waals surface area contributed by atoms with Crippen LogP contribution in [0.2, 0.25) is 0 Å². The van der Waals surface area contributed by atoms with Crippen molar-refractivity contribution < 1.29 is 23.5 Å². The molecule has 0 heterocycles. The Hall–Kier alpha value is -1.91. The average Bonchev–Trinajstić information content (AvgIpc) is 2.25. The predicted molar refractivity (Wildman–Crippen MR) is 57.5 cm³/mol. The predicted octanol–water partition coefficient (Wildman–Crippen LogP) is 1.99. The summed E-state index contributed by atoms with van der Waals surface area (Å²) in [5, 5.41) is 0. The molecule has 0 saturated carbocycles. The fraction of sp³-hybridized carbons (Fsp3) is 0.333. The zero-order valence-corrected chi connectivity index (χ0v) is 9.60. The van der Waals surface area contributed by atoms with Gasteiger partial charge in [0.25, 0.3) is 0 Å². The molecule has 1 rings (SSSR count). The minimum absolute atomic E-state index is 0.0828. The normalized spacial score (nSPS) is 11.7. The smallest absolute Gasteiger partial charge is 0.303 e. The minimum atomic E-state index is -0.711. The molecule has 4 nitrogen and oxygen atoms in total. The molecule has 1 aromatic carbocycles. The van der Waals surface area contributed by atoms with E-state index in [1.54, 1.807) is 0 Å². The van der Waals surface area contributed by atoms with Crippen LogP contribution >= 0.6 is 0 Å². The summed E-state index contributed by atoms with van der Waals surface area (Å²) in [5.41, 5.74) is 0.572. The lowest BCUT2D eigenvalue weighted by Crippen LogP contribution is -2.16. The van der Waals surface area contributed by atoms with E-state index < -0.39 is 18.0 Å². The summed E-state index contributed by atoms with van der Waals surface area (Å²) in [4.78, 5) is 21.6. The lowest BCUT2D eigenvalue weighted by Gasteiger charge is -2.16. The first-order chi connectivity index (χ1) is 7.99. The van der Waals surface area contributed by atoms with Gasteiger partial charge < -0.3 is 9.47 Å². The summed E-state index contributed by atoms with van der Waals surface area (Å²) < 4.78 is 22.5. The topological polar surface area (TPSA) is 52.6 Å². The molecule has 0 fully saturated rings. The van der Waals surface area contributed by atoms with Gasteiger partial charge in [0.15, 0.2) is 6.10 Å². The van der Waals surface area contributed by atoms with E-state index in [-0.39, 0.29) is 12.4 Å². The Morgan fingerprint density at radius 3 is 2.24 bits per heavy atom. The molecule has 0 aliphatic heterocycles. The van der Waals surface area contributed by atoms with E-state index in [0.717, 1.165) is 0 Å². The molecule has 5 heteroatoms. The Morgan fingerprint density at radius 1 is 1.18 bits per heavy atom. The summed E-state index contributed by atoms with van der Waals surface area (Å²) >= 11 is 0. The third kappa shape index (κ3) is 4.63. The quantitative estimate of drug-likeness (QED) is 0.755. The van der Waals surface area contributed by atoms with E-state index in [0.29, 0.717) is 5.56 Å². The molecule has 0 saturated heterocycles. The first kappa shape index (κ1) is 13.2. The first-order valence-electron chi connectivity index (χ1n) is 5.05. The Balaban J connectivity index is 2.77. The van der Waals surface area contributed by atoms with Crippen LogP contribution in [0, 0.1) is 5.82 Å². The number of halogens is 1. The van der Waals surface area contributed by atoms with Crippen LogP contribution in [0.3, 0.4) is 0 Å². The molecular formula is C12H13FO4. The van der Waals surface area contributed by atoms with Crippen molar-refractivity contribution in [1.82, 2.24) is 0 Å². The largest absolute Gasteiger partial charge is 0.462 e. The molecule has 1 aromatic rings. The van der Waals surface area contributed by atoms with Crippen molar-refractivity contribution in [3.63, 3.8) is 0 Å². The van der Waals surface area contributed by atoms with Gasteiger partial charge in [-0.05, 0) is 17.7 Å². The van der Waals surface area contributed by atoms with Gasteiger partial charge in [0.1, 0.15) is 12.4 Å². The van der Waals surface area contributed by atoms with E-state index >= 15 is 0 Å². The number of ether oxygens (including phenoxy) is 2. The number of rotatable bonds is 4. The molecule has 0 aromatic heterocycles. The van der Waals surface area contributed by atoms with Gasteiger partial charge in [-0.25, -0.2) is 4.39 Å². The first-order valence-corrected chi connectivity index (χ1v) is 5.05. The van der Waals surface area contributed by atoms with Crippen molar-refractivity contribution in [3.8, 4) is 0 Å². The van der Waals surface area contributed by atoms with E-state index in [1.165, 1.54) is 38.1 Å². The monoisotopic (exact) mass is 240 g/mol. The molecule has 0 amide bonds. The Kier molecular flexibility index (Phi) is 4.63. The second-order valence-corrected chi connectivity index (χ2v) is 3.45. The van der Waals surface area contributed by atoms with Crippen LogP contribution in [-0.4, -0.2) is 18.5 Å². The Labute approximate surface area is 98.3 Å². The molecule has 0 aliphatic rings. The van der Waals surface area contributed by atoms with Crippen molar-refractivity contribution in [2.75, 3.05) is 6.61 Å². The third-order valence-corrected chi connectivity index (χ3v) is 1.99. The molecule has 92 valence electrons. The number of hydrogen-bond donors (Lipinski definition) is 0. The van der Waals surface area contributed by atoms with Gasteiger partial charge in [0.05, 0.1) is 0 Å². The van der Waals surface area contributed by atoms with Crippen LogP contribution < -0.4 is 0 Å². The number of carbonyl (C=O) groups excluding carboxylic acids is 2. The summed E-state index contributed by atoms with van der Waals surface area (Å²) in [6.45, 7) is 2.43. The average molecular weight is 240 g/mol. The maximum atomic E-state index is 12.7. The Bertz CT molecular complexity index is 399. The van der Waals surface area contributed by atoms with Gasteiger partial charge in [-0.3, -0.25) is 9.59 Å². The Morgan fingerprint density at radius 2 is 1.76 bits per heavy atom. The zero-order chi connectivity index (χ0) is 12.8. The number of carbonyl (C=O) groups is 2. The molecular weight excluding hydrogens is 227 g/mol. The van der Waals surface area contributed by atoms with E-state index in [4.69, 9.17) is 9.47 Å². The van der Waals surface area contributed by atoms with Crippen LogP contribution in [-0.2, 0) is 19.1 Å². The zero-order valence-electron chi connectivity index (χ0n) is 9.60. The fourth-order valence-electron chi connectivity index (χ4n) is 1.27. The highest BCUT2D eigenvalue weighted by Gasteiger charge is 2.16. The second kappa shape index (κ2) is 5.98.